The van der Waals surface area contributed by atoms with E-state index in [1.807, 2.05) is 18.2 Å². The maximum Gasteiger partial charge on any atom is 0.339 e. The van der Waals surface area contributed by atoms with Crippen LogP contribution in [0.3, 0.4) is 0 Å². The number of hydrogen-bond acceptors (Lipinski definition) is 5. The zero-order chi connectivity index (χ0) is 17.4. The van der Waals surface area contributed by atoms with Gasteiger partial charge in [-0.1, -0.05) is 18.2 Å². The van der Waals surface area contributed by atoms with Crippen LogP contribution in [0.15, 0.2) is 42.6 Å². The molecule has 0 saturated carbocycles. The van der Waals surface area contributed by atoms with E-state index in [0.29, 0.717) is 42.9 Å². The molecular formula is C19H18N2O4. The van der Waals surface area contributed by atoms with E-state index in [1.165, 1.54) is 7.11 Å². The lowest BCUT2D eigenvalue weighted by Crippen LogP contribution is -2.45. The second-order valence-electron chi connectivity index (χ2n) is 6.28. The molecule has 0 bridgehead atoms. The summed E-state index contributed by atoms with van der Waals surface area (Å²) in [6, 6.07) is 10.9. The van der Waals surface area contributed by atoms with Gasteiger partial charge in [-0.25, -0.2) is 9.78 Å². The molecule has 128 valence electrons. The number of carbonyl (C=O) groups is 2. The van der Waals surface area contributed by atoms with Gasteiger partial charge in [-0.15, -0.1) is 0 Å². The van der Waals surface area contributed by atoms with Crippen molar-refractivity contribution in [2.75, 3.05) is 20.2 Å². The first-order valence-corrected chi connectivity index (χ1v) is 8.26. The maximum atomic E-state index is 12.8. The van der Waals surface area contributed by atoms with Crippen molar-refractivity contribution < 1.29 is 19.1 Å². The number of amides is 1. The Bertz CT molecular complexity index is 841. The zero-order valence-electron chi connectivity index (χ0n) is 13.9. The summed E-state index contributed by atoms with van der Waals surface area (Å²) in [7, 11) is 1.50. The summed E-state index contributed by atoms with van der Waals surface area (Å²) in [5.41, 5.74) is 1.41. The molecule has 6 heteroatoms. The van der Waals surface area contributed by atoms with Gasteiger partial charge in [-0.3, -0.25) is 4.79 Å². The molecule has 1 amide bonds. The quantitative estimate of drug-likeness (QED) is 0.787. The number of esters is 1. The van der Waals surface area contributed by atoms with Crippen LogP contribution in [-0.2, 0) is 10.3 Å². The predicted molar refractivity (Wildman–Crippen MR) is 89.5 cm³/mol. The molecule has 1 fully saturated rings. The van der Waals surface area contributed by atoms with Crippen LogP contribution < -0.4 is 4.74 Å². The number of rotatable bonds is 2. The third kappa shape index (κ3) is 2.45. The van der Waals surface area contributed by atoms with Gasteiger partial charge in [0.05, 0.1) is 12.7 Å². The van der Waals surface area contributed by atoms with Crippen LogP contribution >= 0.6 is 0 Å². The van der Waals surface area contributed by atoms with Gasteiger partial charge in [0.25, 0.3) is 5.91 Å². The molecule has 0 unspecified atom stereocenters. The molecule has 2 aliphatic rings. The average molecular weight is 338 g/mol. The summed E-state index contributed by atoms with van der Waals surface area (Å²) in [4.78, 5) is 30.8. The molecule has 1 saturated heterocycles. The van der Waals surface area contributed by atoms with Crippen molar-refractivity contribution in [3.8, 4) is 5.88 Å². The summed E-state index contributed by atoms with van der Waals surface area (Å²) in [5, 5.41) is 0. The number of carbonyl (C=O) groups excluding carboxylic acids is 2. The zero-order valence-corrected chi connectivity index (χ0v) is 13.9. The number of benzene rings is 1. The summed E-state index contributed by atoms with van der Waals surface area (Å²) in [6.07, 6.45) is 2.77. The Morgan fingerprint density at radius 3 is 2.72 bits per heavy atom. The molecule has 6 nitrogen and oxygen atoms in total. The highest BCUT2D eigenvalue weighted by molar-refractivity contribution is 5.97. The second kappa shape index (κ2) is 5.88. The van der Waals surface area contributed by atoms with Crippen LogP contribution in [0.1, 0.15) is 39.1 Å². The number of ether oxygens (including phenoxy) is 2. The highest BCUT2D eigenvalue weighted by atomic mass is 16.6. The fraction of sp³-hybridized carbons (Fsp3) is 0.316. The molecule has 2 aliphatic heterocycles. The Kier molecular flexibility index (Phi) is 3.67. The standard InChI is InChI=1S/C19H18N2O4/c1-24-16-14(6-4-10-20-16)17(22)21-11-8-19(9-12-21)15-7-3-2-5-13(15)18(23)25-19/h2-7,10H,8-9,11-12H2,1H3. The number of pyridine rings is 1. The van der Waals surface area contributed by atoms with Gasteiger partial charge in [0.1, 0.15) is 11.2 Å². The van der Waals surface area contributed by atoms with E-state index in [-0.39, 0.29) is 11.9 Å². The SMILES string of the molecule is COc1ncccc1C(=O)N1CCC2(CC1)OC(=O)c1ccccc12. The van der Waals surface area contributed by atoms with Crippen molar-refractivity contribution in [2.45, 2.75) is 18.4 Å². The predicted octanol–water partition coefficient (Wildman–Crippen LogP) is 2.39. The van der Waals surface area contributed by atoms with E-state index in [9.17, 15) is 9.59 Å². The molecule has 0 aliphatic carbocycles. The van der Waals surface area contributed by atoms with E-state index in [4.69, 9.17) is 9.47 Å². The van der Waals surface area contributed by atoms with Crippen LogP contribution in [0, 0.1) is 0 Å². The molecular weight excluding hydrogens is 320 g/mol. The van der Waals surface area contributed by atoms with Crippen molar-refractivity contribution in [1.82, 2.24) is 9.88 Å². The lowest BCUT2D eigenvalue weighted by molar-refractivity contribution is -0.0389. The number of methoxy groups -OCH3 is 1. The highest BCUT2D eigenvalue weighted by Gasteiger charge is 2.47. The summed E-state index contributed by atoms with van der Waals surface area (Å²) < 4.78 is 10.9. The Labute approximate surface area is 145 Å². The number of piperidine rings is 1. The van der Waals surface area contributed by atoms with Gasteiger partial charge in [0, 0.05) is 37.7 Å². The van der Waals surface area contributed by atoms with Crippen LogP contribution in [-0.4, -0.2) is 42.0 Å². The maximum absolute atomic E-state index is 12.8. The molecule has 4 rings (SSSR count). The van der Waals surface area contributed by atoms with E-state index in [2.05, 4.69) is 4.98 Å². The fourth-order valence-corrected chi connectivity index (χ4v) is 3.67. The van der Waals surface area contributed by atoms with E-state index in [0.717, 1.165) is 5.56 Å². The first kappa shape index (κ1) is 15.6. The topological polar surface area (TPSA) is 68.7 Å². The molecule has 3 heterocycles. The van der Waals surface area contributed by atoms with E-state index in [1.54, 1.807) is 29.3 Å². The smallest absolute Gasteiger partial charge is 0.339 e. The van der Waals surface area contributed by atoms with Crippen LogP contribution in [0.4, 0.5) is 0 Å². The minimum atomic E-state index is -0.608. The molecule has 25 heavy (non-hydrogen) atoms. The van der Waals surface area contributed by atoms with E-state index < -0.39 is 5.60 Å². The number of fused-ring (bicyclic) bond motifs is 2. The molecule has 1 aromatic carbocycles. The first-order chi connectivity index (χ1) is 12.1. The Hall–Kier alpha value is -2.89. The van der Waals surface area contributed by atoms with Crippen molar-refractivity contribution in [3.05, 3.63) is 59.3 Å². The Morgan fingerprint density at radius 1 is 1.20 bits per heavy atom. The molecule has 1 spiro atoms. The van der Waals surface area contributed by atoms with Crippen LogP contribution in [0.2, 0.25) is 0 Å². The molecule has 0 radical (unpaired) electrons. The van der Waals surface area contributed by atoms with Gasteiger partial charge in [0.15, 0.2) is 0 Å². The first-order valence-electron chi connectivity index (χ1n) is 8.26. The van der Waals surface area contributed by atoms with E-state index >= 15 is 0 Å². The number of nitrogens with zero attached hydrogens (tertiary/aromatic N) is 2. The lowest BCUT2D eigenvalue weighted by atomic mass is 9.83. The largest absolute Gasteiger partial charge is 0.480 e. The molecule has 0 atom stereocenters. The third-order valence-corrected chi connectivity index (χ3v) is 4.98. The average Bonchev–Trinajstić information content (AvgIpc) is 2.94. The van der Waals surface area contributed by atoms with Crippen molar-refractivity contribution in [3.63, 3.8) is 0 Å². The van der Waals surface area contributed by atoms with Crippen molar-refractivity contribution in [1.29, 1.82) is 0 Å². The molecule has 1 aromatic heterocycles. The number of hydrogen-bond donors (Lipinski definition) is 0. The lowest BCUT2D eigenvalue weighted by Gasteiger charge is -2.38. The second-order valence-corrected chi connectivity index (χ2v) is 6.28. The summed E-state index contributed by atoms with van der Waals surface area (Å²) in [5.74, 6) is -0.0628. The summed E-state index contributed by atoms with van der Waals surface area (Å²) >= 11 is 0. The normalized spacial score (nSPS) is 18.0. The van der Waals surface area contributed by atoms with Gasteiger partial charge in [-0.2, -0.15) is 0 Å². The minimum absolute atomic E-state index is 0.114. The fourth-order valence-electron chi connectivity index (χ4n) is 3.67. The number of likely N-dealkylation sites (tertiary alicyclic amines) is 1. The van der Waals surface area contributed by atoms with Crippen molar-refractivity contribution in [2.24, 2.45) is 0 Å². The van der Waals surface area contributed by atoms with Gasteiger partial charge in [-0.05, 0) is 18.2 Å². The monoisotopic (exact) mass is 338 g/mol. The van der Waals surface area contributed by atoms with Gasteiger partial charge >= 0.3 is 5.97 Å². The Balaban J connectivity index is 1.55. The van der Waals surface area contributed by atoms with Crippen LogP contribution in [0.25, 0.3) is 0 Å². The van der Waals surface area contributed by atoms with Crippen LogP contribution in [0.5, 0.6) is 5.88 Å². The minimum Gasteiger partial charge on any atom is -0.480 e. The van der Waals surface area contributed by atoms with Crippen molar-refractivity contribution >= 4 is 11.9 Å². The molecule has 0 N–H and O–H groups in total. The third-order valence-electron chi connectivity index (χ3n) is 4.98. The van der Waals surface area contributed by atoms with Gasteiger partial charge in [0.2, 0.25) is 5.88 Å². The number of aromatic nitrogens is 1. The molecule has 2 aromatic rings. The summed E-state index contributed by atoms with van der Waals surface area (Å²) in [6.45, 7) is 1.02. The Morgan fingerprint density at radius 2 is 1.96 bits per heavy atom. The highest BCUT2D eigenvalue weighted by Crippen LogP contribution is 2.44. The van der Waals surface area contributed by atoms with Gasteiger partial charge < -0.3 is 14.4 Å².